The molecule has 0 spiro atoms. The number of nitrogens with zero attached hydrogens (tertiary/aromatic N) is 3. The van der Waals surface area contributed by atoms with Crippen LogP contribution in [0.5, 0.6) is 0 Å². The van der Waals surface area contributed by atoms with E-state index in [1.54, 1.807) is 29.1 Å². The van der Waals surface area contributed by atoms with Gasteiger partial charge in [0.2, 0.25) is 10.0 Å². The Morgan fingerprint density at radius 1 is 1.14 bits per heavy atom. The van der Waals surface area contributed by atoms with E-state index in [9.17, 15) is 30.8 Å². The minimum Gasteiger partial charge on any atom is -0.468 e. The predicted octanol–water partition coefficient (Wildman–Crippen LogP) is 4.22. The van der Waals surface area contributed by atoms with Gasteiger partial charge < -0.3 is 4.74 Å². The maximum absolute atomic E-state index is 13.4. The van der Waals surface area contributed by atoms with Gasteiger partial charge in [0.05, 0.1) is 35.1 Å². The molecule has 0 bridgehead atoms. The SMILES string of the molecule is COC(=O)C12Cc3cnn(-c4ccc(F)cc4)c3C=C1CCN(S(=O)(=O)c1cccc(C(F)(F)F)c1)C2. The number of alkyl halides is 3. The Balaban J connectivity index is 1.53. The molecule has 2 heterocycles. The fraction of sp³-hybridized carbons (Fsp3) is 0.280. The average Bonchev–Trinajstić information content (AvgIpc) is 3.28. The summed E-state index contributed by atoms with van der Waals surface area (Å²) >= 11 is 0. The summed E-state index contributed by atoms with van der Waals surface area (Å²) < 4.78 is 87.6. The highest BCUT2D eigenvalue weighted by Crippen LogP contribution is 2.46. The van der Waals surface area contributed by atoms with Crippen LogP contribution in [0.1, 0.15) is 23.2 Å². The molecule has 7 nitrogen and oxygen atoms in total. The fourth-order valence-corrected chi connectivity index (χ4v) is 6.50. The Labute approximate surface area is 210 Å². The zero-order chi connectivity index (χ0) is 26.6. The van der Waals surface area contributed by atoms with Crippen LogP contribution >= 0.6 is 0 Å². The lowest BCUT2D eigenvalue weighted by Crippen LogP contribution is -2.53. The van der Waals surface area contributed by atoms with Crippen LogP contribution < -0.4 is 0 Å². The molecule has 1 aliphatic heterocycles. The molecule has 2 aromatic carbocycles. The molecule has 0 amide bonds. The van der Waals surface area contributed by atoms with Gasteiger partial charge in [0.15, 0.2) is 0 Å². The normalized spacial score (nSPS) is 20.1. The first kappa shape index (κ1) is 25.2. The van der Waals surface area contributed by atoms with E-state index in [1.807, 2.05) is 0 Å². The third-order valence-corrected chi connectivity index (χ3v) is 8.67. The first-order valence-corrected chi connectivity index (χ1v) is 12.7. The van der Waals surface area contributed by atoms with Crippen molar-refractivity contribution >= 4 is 22.1 Å². The van der Waals surface area contributed by atoms with Gasteiger partial charge in [0.1, 0.15) is 11.2 Å². The van der Waals surface area contributed by atoms with Crippen LogP contribution in [0, 0.1) is 11.2 Å². The van der Waals surface area contributed by atoms with Gasteiger partial charge in [-0.25, -0.2) is 17.5 Å². The number of piperidine rings is 1. The monoisotopic (exact) mass is 535 g/mol. The number of methoxy groups -OCH3 is 1. The molecule has 194 valence electrons. The van der Waals surface area contributed by atoms with Crippen molar-refractivity contribution in [3.8, 4) is 5.69 Å². The molecule has 2 aliphatic rings. The summed E-state index contributed by atoms with van der Waals surface area (Å²) in [5, 5.41) is 4.38. The number of carbonyl (C=O) groups excluding carboxylic acids is 1. The maximum Gasteiger partial charge on any atom is 0.416 e. The first-order chi connectivity index (χ1) is 17.5. The van der Waals surface area contributed by atoms with Gasteiger partial charge in [-0.2, -0.15) is 22.6 Å². The number of carbonyl (C=O) groups is 1. The minimum atomic E-state index is -4.71. The summed E-state index contributed by atoms with van der Waals surface area (Å²) in [7, 11) is -3.15. The second kappa shape index (κ2) is 8.80. The van der Waals surface area contributed by atoms with Gasteiger partial charge >= 0.3 is 12.1 Å². The molecule has 5 rings (SSSR count). The molecule has 1 saturated heterocycles. The maximum atomic E-state index is 13.4. The standard InChI is InChI=1S/C25H21F4N3O4S/c1-36-23(33)24-13-16-14-30-32(20-7-5-19(26)6-8-20)22(16)12-17(24)9-10-31(15-24)37(34,35)21-4-2-3-18(11-21)25(27,28)29/h2-8,11-12,14H,9-10,13,15H2,1H3. The third kappa shape index (κ3) is 4.23. The zero-order valence-electron chi connectivity index (χ0n) is 19.5. The van der Waals surface area contributed by atoms with Crippen molar-refractivity contribution in [2.75, 3.05) is 20.2 Å². The smallest absolute Gasteiger partial charge is 0.416 e. The van der Waals surface area contributed by atoms with E-state index in [2.05, 4.69) is 5.10 Å². The fourth-order valence-electron chi connectivity index (χ4n) is 4.96. The second-order valence-corrected chi connectivity index (χ2v) is 10.9. The minimum absolute atomic E-state index is 0.0385. The Morgan fingerprint density at radius 2 is 1.86 bits per heavy atom. The summed E-state index contributed by atoms with van der Waals surface area (Å²) in [4.78, 5) is 12.6. The van der Waals surface area contributed by atoms with Crippen LogP contribution in [0.25, 0.3) is 11.8 Å². The number of ether oxygens (including phenoxy) is 1. The third-order valence-electron chi connectivity index (χ3n) is 6.83. The Morgan fingerprint density at radius 3 is 2.54 bits per heavy atom. The molecule has 1 unspecified atom stereocenters. The Kier molecular flexibility index (Phi) is 5.99. The number of benzene rings is 2. The molecule has 1 aromatic heterocycles. The van der Waals surface area contributed by atoms with E-state index < -0.39 is 43.9 Å². The van der Waals surface area contributed by atoms with Crippen LogP contribution in [0.2, 0.25) is 0 Å². The Hall–Kier alpha value is -3.51. The molecule has 0 radical (unpaired) electrons. The molecule has 3 aromatic rings. The van der Waals surface area contributed by atoms with Crippen molar-refractivity contribution in [1.82, 2.24) is 14.1 Å². The van der Waals surface area contributed by atoms with Crippen LogP contribution in [-0.4, -0.2) is 48.7 Å². The molecule has 0 N–H and O–H groups in total. The lowest BCUT2D eigenvalue weighted by atomic mass is 9.69. The van der Waals surface area contributed by atoms with Gasteiger partial charge in [-0.3, -0.25) is 4.79 Å². The molecule has 1 aliphatic carbocycles. The molecular weight excluding hydrogens is 514 g/mol. The van der Waals surface area contributed by atoms with Crippen molar-refractivity contribution in [3.63, 3.8) is 0 Å². The lowest BCUT2D eigenvalue weighted by molar-refractivity contribution is -0.151. The number of hydrogen-bond acceptors (Lipinski definition) is 5. The lowest BCUT2D eigenvalue weighted by Gasteiger charge is -2.43. The second-order valence-electron chi connectivity index (χ2n) is 8.98. The van der Waals surface area contributed by atoms with Crippen LogP contribution in [0.4, 0.5) is 17.6 Å². The number of hydrogen-bond donors (Lipinski definition) is 0. The number of aromatic nitrogens is 2. The number of esters is 1. The van der Waals surface area contributed by atoms with E-state index in [-0.39, 0.29) is 25.9 Å². The summed E-state index contributed by atoms with van der Waals surface area (Å²) in [6, 6.07) is 9.26. The topological polar surface area (TPSA) is 81.5 Å². The van der Waals surface area contributed by atoms with E-state index in [4.69, 9.17) is 4.74 Å². The summed E-state index contributed by atoms with van der Waals surface area (Å²) in [5.74, 6) is -1.05. The first-order valence-electron chi connectivity index (χ1n) is 11.3. The van der Waals surface area contributed by atoms with Gasteiger partial charge in [-0.1, -0.05) is 6.07 Å². The predicted molar refractivity (Wildman–Crippen MR) is 124 cm³/mol. The molecule has 1 fully saturated rings. The average molecular weight is 536 g/mol. The van der Waals surface area contributed by atoms with E-state index >= 15 is 0 Å². The van der Waals surface area contributed by atoms with Gasteiger partial charge in [-0.15, -0.1) is 0 Å². The van der Waals surface area contributed by atoms with Gasteiger partial charge in [-0.05, 0) is 72.5 Å². The molecule has 12 heteroatoms. The number of halogens is 4. The number of sulfonamides is 1. The van der Waals surface area contributed by atoms with Crippen LogP contribution in [-0.2, 0) is 32.2 Å². The molecule has 37 heavy (non-hydrogen) atoms. The molecular formula is C25H21F4N3O4S. The van der Waals surface area contributed by atoms with Crippen molar-refractivity contribution in [1.29, 1.82) is 0 Å². The Bertz CT molecular complexity index is 1510. The largest absolute Gasteiger partial charge is 0.468 e. The van der Waals surface area contributed by atoms with Crippen molar-refractivity contribution < 1.29 is 35.5 Å². The summed E-state index contributed by atoms with van der Waals surface area (Å²) in [5.41, 5.74) is 0.114. The van der Waals surface area contributed by atoms with Crippen LogP contribution in [0.3, 0.4) is 0 Å². The highest BCUT2D eigenvalue weighted by molar-refractivity contribution is 7.89. The van der Waals surface area contributed by atoms with E-state index in [0.29, 0.717) is 28.6 Å². The summed E-state index contributed by atoms with van der Waals surface area (Å²) in [6.45, 7) is -0.339. The van der Waals surface area contributed by atoms with E-state index in [0.717, 1.165) is 22.5 Å². The van der Waals surface area contributed by atoms with Crippen molar-refractivity contribution in [2.45, 2.75) is 23.9 Å². The van der Waals surface area contributed by atoms with Crippen molar-refractivity contribution in [2.24, 2.45) is 5.41 Å². The zero-order valence-corrected chi connectivity index (χ0v) is 20.3. The highest BCUT2D eigenvalue weighted by Gasteiger charge is 2.52. The van der Waals surface area contributed by atoms with Gasteiger partial charge in [0.25, 0.3) is 0 Å². The quantitative estimate of drug-likeness (QED) is 0.369. The molecule has 0 saturated carbocycles. The van der Waals surface area contributed by atoms with Crippen molar-refractivity contribution in [3.05, 3.63) is 82.9 Å². The number of rotatable bonds is 4. The highest BCUT2D eigenvalue weighted by atomic mass is 32.2. The summed E-state index contributed by atoms with van der Waals surface area (Å²) in [6.07, 6.45) is -1.16. The van der Waals surface area contributed by atoms with Gasteiger partial charge in [0, 0.05) is 13.1 Å². The number of fused-ring (bicyclic) bond motifs is 2. The van der Waals surface area contributed by atoms with E-state index in [1.165, 1.54) is 19.2 Å². The van der Waals surface area contributed by atoms with Crippen LogP contribution in [0.15, 0.2) is 65.2 Å². The molecule has 1 atom stereocenters.